The van der Waals surface area contributed by atoms with Gasteiger partial charge in [-0.05, 0) is 18.9 Å². The first kappa shape index (κ1) is 21.9. The number of carbonyl (C=O) groups excluding carboxylic acids is 1. The molecule has 1 aromatic heterocycles. The second-order valence-electron chi connectivity index (χ2n) is 7.50. The van der Waals surface area contributed by atoms with Gasteiger partial charge in [-0.3, -0.25) is 14.4 Å². The molecule has 2 rings (SSSR count). The van der Waals surface area contributed by atoms with Gasteiger partial charge in [0.25, 0.3) is 0 Å². The first-order valence-corrected chi connectivity index (χ1v) is 11.6. The zero-order valence-corrected chi connectivity index (χ0v) is 18.1. The maximum absolute atomic E-state index is 12.5. The first-order valence-electron chi connectivity index (χ1n) is 9.17. The highest BCUT2D eigenvalue weighted by molar-refractivity contribution is 7.90. The highest BCUT2D eigenvalue weighted by Gasteiger charge is 2.20. The van der Waals surface area contributed by atoms with Crippen LogP contribution < -0.4 is 0 Å². The fourth-order valence-corrected chi connectivity index (χ4v) is 3.87. The van der Waals surface area contributed by atoms with E-state index >= 15 is 0 Å². The Morgan fingerprint density at radius 2 is 1.89 bits per heavy atom. The van der Waals surface area contributed by atoms with E-state index in [0.29, 0.717) is 43.8 Å². The zero-order chi connectivity index (χ0) is 20.2. The van der Waals surface area contributed by atoms with E-state index in [1.807, 2.05) is 6.92 Å². The number of aromatic nitrogens is 2. The maximum Gasteiger partial charge on any atom is 0.246 e. The predicted octanol–water partition coefficient (Wildman–Crippen LogP) is 1.70. The van der Waals surface area contributed by atoms with Crippen molar-refractivity contribution in [3.8, 4) is 0 Å². The van der Waals surface area contributed by atoms with E-state index in [9.17, 15) is 13.2 Å². The van der Waals surface area contributed by atoms with E-state index < -0.39 is 9.84 Å². The molecule has 7 nitrogen and oxygen atoms in total. The fraction of sp³-hybridized carbons (Fsp3) is 0.667. The van der Waals surface area contributed by atoms with Gasteiger partial charge in [-0.2, -0.15) is 5.10 Å². The minimum atomic E-state index is -2.96. The number of hydrogen-bond acceptors (Lipinski definition) is 5. The molecule has 0 N–H and O–H groups in total. The molecule has 0 unspecified atom stereocenters. The third-order valence-electron chi connectivity index (χ3n) is 4.50. The van der Waals surface area contributed by atoms with Crippen molar-refractivity contribution in [3.05, 3.63) is 22.5 Å². The number of rotatable bonds is 7. The monoisotopic (exact) mass is 416 g/mol. The Morgan fingerprint density at radius 1 is 1.26 bits per heavy atom. The molecular weight excluding hydrogens is 388 g/mol. The lowest BCUT2D eigenvalue weighted by atomic mass is 10.2. The number of piperazine rings is 1. The van der Waals surface area contributed by atoms with Crippen molar-refractivity contribution >= 4 is 33.4 Å². The third kappa shape index (κ3) is 6.62. The van der Waals surface area contributed by atoms with E-state index in [1.165, 1.54) is 6.26 Å². The summed E-state index contributed by atoms with van der Waals surface area (Å²) in [5.41, 5.74) is 1.58. The molecule has 1 aliphatic rings. The summed E-state index contributed by atoms with van der Waals surface area (Å²) >= 11 is 6.40. The average molecular weight is 417 g/mol. The number of aryl methyl sites for hydroxylation is 1. The van der Waals surface area contributed by atoms with Crippen LogP contribution in [0.15, 0.2) is 6.08 Å². The highest BCUT2D eigenvalue weighted by atomic mass is 35.5. The summed E-state index contributed by atoms with van der Waals surface area (Å²) in [6.45, 7) is 9.87. The van der Waals surface area contributed by atoms with Gasteiger partial charge in [-0.15, -0.1) is 0 Å². The summed E-state index contributed by atoms with van der Waals surface area (Å²) in [4.78, 5) is 16.3. The lowest BCUT2D eigenvalue weighted by Crippen LogP contribution is -2.49. The van der Waals surface area contributed by atoms with E-state index in [2.05, 4.69) is 23.8 Å². The number of carbonyl (C=O) groups is 1. The minimum absolute atomic E-state index is 0.0650. The van der Waals surface area contributed by atoms with Gasteiger partial charge in [0.1, 0.15) is 15.0 Å². The van der Waals surface area contributed by atoms with Crippen LogP contribution in [0.3, 0.4) is 0 Å². The van der Waals surface area contributed by atoms with Crippen LogP contribution in [0.25, 0.3) is 6.08 Å². The van der Waals surface area contributed by atoms with Crippen LogP contribution in [0, 0.1) is 12.8 Å². The number of nitrogens with zero attached hydrogens (tertiary/aromatic N) is 4. The Balaban J connectivity index is 1.92. The Bertz CT molecular complexity index is 794. The predicted molar refractivity (Wildman–Crippen MR) is 109 cm³/mol. The largest absolute Gasteiger partial charge is 0.337 e. The molecule has 0 aliphatic carbocycles. The molecule has 152 valence electrons. The van der Waals surface area contributed by atoms with Gasteiger partial charge in [-0.25, -0.2) is 8.42 Å². The molecule has 0 aromatic carbocycles. The summed E-state index contributed by atoms with van der Waals surface area (Å²) in [7, 11) is -2.96. The van der Waals surface area contributed by atoms with Crippen LogP contribution in [0.1, 0.15) is 25.1 Å². The molecular formula is C18H29ClN4O3S. The number of halogens is 1. The lowest BCUT2D eigenvalue weighted by molar-refractivity contribution is -0.127. The standard InChI is InChI=1S/C18H29ClN4O3S/c1-14(2)13-23-18(19)16(15(3)20-23)5-6-17(24)22-9-7-21(8-10-22)11-12-27(4,25)26/h5-6,14H,7-13H2,1-4H3/b6-5+. The lowest BCUT2D eigenvalue weighted by Gasteiger charge is -2.34. The Hall–Kier alpha value is -1.38. The molecule has 0 spiro atoms. The average Bonchev–Trinajstić information content (AvgIpc) is 2.83. The summed E-state index contributed by atoms with van der Waals surface area (Å²) in [6.07, 6.45) is 4.52. The molecule has 1 saturated heterocycles. The van der Waals surface area contributed by atoms with Gasteiger partial charge >= 0.3 is 0 Å². The molecule has 1 fully saturated rings. The molecule has 2 heterocycles. The van der Waals surface area contributed by atoms with Gasteiger partial charge in [0, 0.05) is 57.2 Å². The molecule has 1 amide bonds. The molecule has 0 radical (unpaired) electrons. The summed E-state index contributed by atoms with van der Waals surface area (Å²) in [5, 5.41) is 5.00. The van der Waals surface area contributed by atoms with Crippen molar-refractivity contribution < 1.29 is 13.2 Å². The van der Waals surface area contributed by atoms with Gasteiger partial charge < -0.3 is 4.90 Å². The SMILES string of the molecule is Cc1nn(CC(C)C)c(Cl)c1/C=C/C(=O)N1CCN(CCS(C)(=O)=O)CC1. The van der Waals surface area contributed by atoms with Gasteiger partial charge in [0.15, 0.2) is 0 Å². The van der Waals surface area contributed by atoms with Crippen molar-refractivity contribution in [1.29, 1.82) is 0 Å². The van der Waals surface area contributed by atoms with Crippen LogP contribution in [-0.4, -0.2) is 78.6 Å². The number of sulfone groups is 1. The van der Waals surface area contributed by atoms with Crippen molar-refractivity contribution in [2.24, 2.45) is 5.92 Å². The molecule has 0 saturated carbocycles. The van der Waals surface area contributed by atoms with Crippen molar-refractivity contribution in [2.75, 3.05) is 44.7 Å². The summed E-state index contributed by atoms with van der Waals surface area (Å²) in [6, 6.07) is 0. The quantitative estimate of drug-likeness (QED) is 0.632. The Kier molecular flexibility index (Phi) is 7.47. The first-order chi connectivity index (χ1) is 12.6. The molecule has 27 heavy (non-hydrogen) atoms. The minimum Gasteiger partial charge on any atom is -0.337 e. The molecule has 9 heteroatoms. The van der Waals surface area contributed by atoms with Crippen LogP contribution in [0.4, 0.5) is 0 Å². The maximum atomic E-state index is 12.5. The molecule has 0 bridgehead atoms. The van der Waals surface area contributed by atoms with E-state index in [-0.39, 0.29) is 11.7 Å². The van der Waals surface area contributed by atoms with Crippen molar-refractivity contribution in [2.45, 2.75) is 27.3 Å². The zero-order valence-electron chi connectivity index (χ0n) is 16.5. The molecule has 1 aromatic rings. The number of amides is 1. The smallest absolute Gasteiger partial charge is 0.246 e. The summed E-state index contributed by atoms with van der Waals surface area (Å²) < 4.78 is 24.3. The molecule has 1 aliphatic heterocycles. The van der Waals surface area contributed by atoms with Crippen LogP contribution in [0.5, 0.6) is 0 Å². The van der Waals surface area contributed by atoms with Crippen LogP contribution in [-0.2, 0) is 21.2 Å². The molecule has 0 atom stereocenters. The van der Waals surface area contributed by atoms with Gasteiger partial charge in [-0.1, -0.05) is 25.4 Å². The van der Waals surface area contributed by atoms with Gasteiger partial charge in [0.2, 0.25) is 5.91 Å². The Labute approximate surface area is 166 Å². The third-order valence-corrected chi connectivity index (χ3v) is 5.83. The van der Waals surface area contributed by atoms with Crippen molar-refractivity contribution in [3.63, 3.8) is 0 Å². The van der Waals surface area contributed by atoms with E-state index in [0.717, 1.165) is 17.8 Å². The topological polar surface area (TPSA) is 75.5 Å². The van der Waals surface area contributed by atoms with Crippen LogP contribution in [0.2, 0.25) is 5.15 Å². The second kappa shape index (κ2) is 9.21. The van der Waals surface area contributed by atoms with Crippen molar-refractivity contribution in [1.82, 2.24) is 19.6 Å². The normalized spacial score (nSPS) is 16.6. The number of hydrogen-bond donors (Lipinski definition) is 0. The van der Waals surface area contributed by atoms with Gasteiger partial charge in [0.05, 0.1) is 11.4 Å². The fourth-order valence-electron chi connectivity index (χ4n) is 2.97. The van der Waals surface area contributed by atoms with E-state index in [4.69, 9.17) is 11.6 Å². The summed E-state index contributed by atoms with van der Waals surface area (Å²) in [5.74, 6) is 0.517. The second-order valence-corrected chi connectivity index (χ2v) is 10.1. The highest BCUT2D eigenvalue weighted by Crippen LogP contribution is 2.22. The Morgan fingerprint density at radius 3 is 2.44 bits per heavy atom. The van der Waals surface area contributed by atoms with Crippen LogP contribution >= 0.6 is 11.6 Å². The van der Waals surface area contributed by atoms with E-state index in [1.54, 1.807) is 21.7 Å².